The normalized spacial score (nSPS) is 15.4. The molecular weight excluding hydrogens is 497 g/mol. The Morgan fingerprint density at radius 3 is 2.24 bits per heavy atom. The first-order valence-corrected chi connectivity index (χ1v) is 13.4. The molecule has 3 aromatic rings. The highest BCUT2D eigenvalue weighted by atomic mass is 32.2. The lowest BCUT2D eigenvalue weighted by molar-refractivity contribution is -0.385. The molecule has 37 heavy (non-hydrogen) atoms. The van der Waals surface area contributed by atoms with Gasteiger partial charge in [-0.1, -0.05) is 18.2 Å². The number of nitro benzene ring substituents is 1. The van der Waals surface area contributed by atoms with E-state index in [0.717, 1.165) is 23.0 Å². The summed E-state index contributed by atoms with van der Waals surface area (Å²) in [7, 11) is -0.0673. The van der Waals surface area contributed by atoms with Crippen LogP contribution in [0.5, 0.6) is 0 Å². The number of nitrogens with one attached hydrogen (secondary N) is 1. The van der Waals surface area contributed by atoms with Gasteiger partial charge in [0.2, 0.25) is 10.0 Å². The SMILES string of the molecule is CN(C)c1ccc(C(CNS(=O)(=O)c2cccc([N+](=O)[O-])c2)N2CCN(c3ccc(F)cc3)CC2)cc1. The third-order valence-electron chi connectivity index (χ3n) is 6.55. The van der Waals surface area contributed by atoms with Crippen molar-refractivity contribution in [3.63, 3.8) is 0 Å². The van der Waals surface area contributed by atoms with E-state index in [9.17, 15) is 22.9 Å². The van der Waals surface area contributed by atoms with E-state index in [2.05, 4.69) is 14.5 Å². The van der Waals surface area contributed by atoms with Crippen molar-refractivity contribution < 1.29 is 17.7 Å². The van der Waals surface area contributed by atoms with Crippen LogP contribution in [0.3, 0.4) is 0 Å². The average Bonchev–Trinajstić information content (AvgIpc) is 2.90. The fourth-order valence-electron chi connectivity index (χ4n) is 4.43. The summed E-state index contributed by atoms with van der Waals surface area (Å²) in [6.45, 7) is 2.86. The fourth-order valence-corrected chi connectivity index (χ4v) is 5.51. The zero-order chi connectivity index (χ0) is 26.6. The minimum absolute atomic E-state index is 0.100. The third-order valence-corrected chi connectivity index (χ3v) is 7.97. The van der Waals surface area contributed by atoms with E-state index in [4.69, 9.17) is 0 Å². The number of nitrogens with zero attached hydrogens (tertiary/aromatic N) is 4. The number of nitro groups is 1. The molecule has 11 heteroatoms. The number of sulfonamides is 1. The van der Waals surface area contributed by atoms with Crippen LogP contribution in [0.4, 0.5) is 21.5 Å². The molecule has 0 bridgehead atoms. The first kappa shape index (κ1) is 26.5. The maximum absolute atomic E-state index is 13.3. The Labute approximate surface area is 216 Å². The summed E-state index contributed by atoms with van der Waals surface area (Å²) in [6.07, 6.45) is 0. The van der Waals surface area contributed by atoms with Gasteiger partial charge in [0.05, 0.1) is 9.82 Å². The Morgan fingerprint density at radius 2 is 1.65 bits per heavy atom. The molecule has 196 valence electrons. The number of benzene rings is 3. The number of non-ortho nitro benzene ring substituents is 1. The summed E-state index contributed by atoms with van der Waals surface area (Å²) in [5.74, 6) is -0.278. The van der Waals surface area contributed by atoms with Crippen LogP contribution >= 0.6 is 0 Å². The van der Waals surface area contributed by atoms with Crippen molar-refractivity contribution in [2.75, 3.05) is 56.6 Å². The van der Waals surface area contributed by atoms with E-state index in [1.165, 1.54) is 30.3 Å². The summed E-state index contributed by atoms with van der Waals surface area (Å²) in [5.41, 5.74) is 2.65. The summed E-state index contributed by atoms with van der Waals surface area (Å²) in [6, 6.07) is 19.2. The Balaban J connectivity index is 1.53. The minimum atomic E-state index is -3.97. The molecule has 1 aliphatic heterocycles. The first-order valence-electron chi connectivity index (χ1n) is 11.9. The summed E-state index contributed by atoms with van der Waals surface area (Å²) in [4.78, 5) is 16.7. The van der Waals surface area contributed by atoms with Crippen LogP contribution in [0.25, 0.3) is 0 Å². The molecule has 1 fully saturated rings. The van der Waals surface area contributed by atoms with Gasteiger partial charge >= 0.3 is 0 Å². The molecular formula is C26H30FN5O4S. The third kappa shape index (κ3) is 6.43. The van der Waals surface area contributed by atoms with Crippen LogP contribution in [0, 0.1) is 15.9 Å². The summed E-state index contributed by atoms with van der Waals surface area (Å²) in [5, 5.41) is 11.1. The quantitative estimate of drug-likeness (QED) is 0.335. The predicted octanol–water partition coefficient (Wildman–Crippen LogP) is 3.64. The lowest BCUT2D eigenvalue weighted by Crippen LogP contribution is -2.49. The molecule has 1 saturated heterocycles. The molecule has 0 aliphatic carbocycles. The standard InChI is InChI=1S/C26H30FN5O4S/c1-29(2)22-10-6-20(7-11-22)26(19-28-37(35,36)25-5-3-4-24(18-25)32(33)34)31-16-14-30(15-17-31)23-12-8-21(27)9-13-23/h3-13,18,26,28H,14-17,19H2,1-2H3. The van der Waals surface area contributed by atoms with Gasteiger partial charge in [-0.25, -0.2) is 17.5 Å². The van der Waals surface area contributed by atoms with Crippen LogP contribution in [0.2, 0.25) is 0 Å². The highest BCUT2D eigenvalue weighted by molar-refractivity contribution is 7.89. The van der Waals surface area contributed by atoms with Crippen molar-refractivity contribution in [2.45, 2.75) is 10.9 Å². The van der Waals surface area contributed by atoms with Gasteiger partial charge in [0, 0.05) is 76.4 Å². The van der Waals surface area contributed by atoms with Gasteiger partial charge in [0.25, 0.3) is 5.69 Å². The largest absolute Gasteiger partial charge is 0.378 e. The summed E-state index contributed by atoms with van der Waals surface area (Å²) < 4.78 is 42.1. The molecule has 0 spiro atoms. The van der Waals surface area contributed by atoms with Crippen molar-refractivity contribution in [1.82, 2.24) is 9.62 Å². The van der Waals surface area contributed by atoms with Crippen LogP contribution in [0.15, 0.2) is 77.7 Å². The van der Waals surface area contributed by atoms with Gasteiger partial charge in [-0.05, 0) is 48.0 Å². The molecule has 4 rings (SSSR count). The molecule has 1 heterocycles. The van der Waals surface area contributed by atoms with Crippen molar-refractivity contribution in [3.05, 3.63) is 94.3 Å². The number of piperazine rings is 1. The van der Waals surface area contributed by atoms with Crippen molar-refractivity contribution in [2.24, 2.45) is 0 Å². The second-order valence-corrected chi connectivity index (χ2v) is 10.9. The van der Waals surface area contributed by atoms with E-state index < -0.39 is 14.9 Å². The van der Waals surface area contributed by atoms with E-state index in [1.54, 1.807) is 12.1 Å². The lowest BCUT2D eigenvalue weighted by Gasteiger charge is -2.40. The zero-order valence-electron chi connectivity index (χ0n) is 20.7. The molecule has 9 nitrogen and oxygen atoms in total. The van der Waals surface area contributed by atoms with E-state index >= 15 is 0 Å². The fraction of sp³-hybridized carbons (Fsp3) is 0.308. The number of rotatable bonds is 9. The van der Waals surface area contributed by atoms with Crippen LogP contribution in [-0.2, 0) is 10.0 Å². The molecule has 1 atom stereocenters. The number of hydrogen-bond acceptors (Lipinski definition) is 7. The Kier molecular flexibility index (Phi) is 8.06. The average molecular weight is 528 g/mol. The molecule has 0 radical (unpaired) electrons. The number of anilines is 2. The van der Waals surface area contributed by atoms with Crippen LogP contribution < -0.4 is 14.5 Å². The number of halogens is 1. The summed E-state index contributed by atoms with van der Waals surface area (Å²) >= 11 is 0. The molecule has 3 aromatic carbocycles. The zero-order valence-corrected chi connectivity index (χ0v) is 21.6. The van der Waals surface area contributed by atoms with E-state index in [-0.39, 0.29) is 29.0 Å². The van der Waals surface area contributed by atoms with Gasteiger partial charge in [0.15, 0.2) is 0 Å². The van der Waals surface area contributed by atoms with Gasteiger partial charge < -0.3 is 9.80 Å². The second-order valence-electron chi connectivity index (χ2n) is 9.11. The molecule has 0 amide bonds. The van der Waals surface area contributed by atoms with Gasteiger partial charge in [-0.3, -0.25) is 15.0 Å². The molecule has 1 aliphatic rings. The van der Waals surface area contributed by atoms with Gasteiger partial charge in [-0.15, -0.1) is 0 Å². The van der Waals surface area contributed by atoms with Crippen molar-refractivity contribution in [1.29, 1.82) is 0 Å². The highest BCUT2D eigenvalue weighted by Gasteiger charge is 2.27. The first-order chi connectivity index (χ1) is 17.6. The van der Waals surface area contributed by atoms with E-state index in [0.29, 0.717) is 26.2 Å². The highest BCUT2D eigenvalue weighted by Crippen LogP contribution is 2.27. The Morgan fingerprint density at radius 1 is 1.00 bits per heavy atom. The predicted molar refractivity (Wildman–Crippen MR) is 142 cm³/mol. The maximum Gasteiger partial charge on any atom is 0.270 e. The van der Waals surface area contributed by atoms with E-state index in [1.807, 2.05) is 43.3 Å². The van der Waals surface area contributed by atoms with Crippen LogP contribution in [-0.4, -0.2) is 65.1 Å². The Hall–Kier alpha value is -3.54. The van der Waals surface area contributed by atoms with Crippen molar-refractivity contribution >= 4 is 27.1 Å². The van der Waals surface area contributed by atoms with Gasteiger partial charge in [0.1, 0.15) is 5.82 Å². The molecule has 0 saturated carbocycles. The second kappa shape index (κ2) is 11.2. The van der Waals surface area contributed by atoms with Crippen molar-refractivity contribution in [3.8, 4) is 0 Å². The maximum atomic E-state index is 13.3. The molecule has 0 aromatic heterocycles. The molecule has 1 N–H and O–H groups in total. The monoisotopic (exact) mass is 527 g/mol. The van der Waals surface area contributed by atoms with Crippen LogP contribution in [0.1, 0.15) is 11.6 Å². The lowest BCUT2D eigenvalue weighted by atomic mass is 10.0. The number of hydrogen-bond donors (Lipinski definition) is 1. The van der Waals surface area contributed by atoms with Gasteiger partial charge in [-0.2, -0.15) is 0 Å². The molecule has 1 unspecified atom stereocenters. The smallest absolute Gasteiger partial charge is 0.270 e. The topological polar surface area (TPSA) is 99.0 Å². The Bertz CT molecular complexity index is 1330. The minimum Gasteiger partial charge on any atom is -0.378 e.